The molecule has 19 heavy (non-hydrogen) atoms. The highest BCUT2D eigenvalue weighted by atomic mass is 16.2. The first-order valence-corrected chi connectivity index (χ1v) is 6.27. The van der Waals surface area contributed by atoms with Crippen LogP contribution in [-0.2, 0) is 16.0 Å². The van der Waals surface area contributed by atoms with E-state index in [1.54, 1.807) is 19.1 Å². The Kier molecular flexibility index (Phi) is 3.59. The molecule has 1 aromatic rings. The summed E-state index contributed by atoms with van der Waals surface area (Å²) in [6.07, 6.45) is 0.353. The highest BCUT2D eigenvalue weighted by Gasteiger charge is 2.20. The molecule has 6 heteroatoms. The standard InChI is InChI=1S/C13H18N4O2/c1-3-15-13(19)7(2)16-11-6-10-8(4-9(11)14)5-12(18)17-10/h4,6-7,16H,3,5,14H2,1-2H3,(H,15,19)(H,17,18). The second-order valence-electron chi connectivity index (χ2n) is 4.58. The summed E-state index contributed by atoms with van der Waals surface area (Å²) in [6, 6.07) is 3.14. The molecule has 0 saturated heterocycles. The van der Waals surface area contributed by atoms with Crippen molar-refractivity contribution < 1.29 is 9.59 Å². The fourth-order valence-corrected chi connectivity index (χ4v) is 2.04. The number of carbonyl (C=O) groups excluding carboxylic acids is 2. The Hall–Kier alpha value is -2.24. The first kappa shape index (κ1) is 13.2. The minimum absolute atomic E-state index is 0.0386. The molecule has 2 rings (SSSR count). The lowest BCUT2D eigenvalue weighted by Gasteiger charge is -2.17. The second kappa shape index (κ2) is 5.17. The Balaban J connectivity index is 2.16. The van der Waals surface area contributed by atoms with Gasteiger partial charge in [0.1, 0.15) is 6.04 Å². The molecule has 6 nitrogen and oxygen atoms in total. The van der Waals surface area contributed by atoms with Crippen LogP contribution in [0, 0.1) is 0 Å². The van der Waals surface area contributed by atoms with Crippen LogP contribution in [-0.4, -0.2) is 24.4 Å². The van der Waals surface area contributed by atoms with Crippen molar-refractivity contribution in [1.29, 1.82) is 0 Å². The molecule has 0 aliphatic carbocycles. The summed E-state index contributed by atoms with van der Waals surface area (Å²) in [4.78, 5) is 23.0. The molecular weight excluding hydrogens is 244 g/mol. The van der Waals surface area contributed by atoms with Gasteiger partial charge in [-0.3, -0.25) is 9.59 Å². The maximum Gasteiger partial charge on any atom is 0.242 e. The van der Waals surface area contributed by atoms with Gasteiger partial charge in [0.2, 0.25) is 11.8 Å². The van der Waals surface area contributed by atoms with Crippen LogP contribution in [0.5, 0.6) is 0 Å². The Bertz CT molecular complexity index is 528. The summed E-state index contributed by atoms with van der Waals surface area (Å²) in [5.74, 6) is -0.130. The number of nitrogens with two attached hydrogens (primary N) is 1. The van der Waals surface area contributed by atoms with E-state index >= 15 is 0 Å². The summed E-state index contributed by atoms with van der Waals surface area (Å²) in [5, 5.41) is 8.54. The van der Waals surface area contributed by atoms with Crippen molar-refractivity contribution in [1.82, 2.24) is 5.32 Å². The van der Waals surface area contributed by atoms with Crippen LogP contribution in [0.4, 0.5) is 17.1 Å². The zero-order valence-corrected chi connectivity index (χ0v) is 11.0. The number of rotatable bonds is 4. The first-order chi connectivity index (χ1) is 9.01. The van der Waals surface area contributed by atoms with Crippen molar-refractivity contribution in [2.24, 2.45) is 0 Å². The minimum Gasteiger partial charge on any atom is -0.397 e. The average Bonchev–Trinajstić information content (AvgIpc) is 2.69. The fourth-order valence-electron chi connectivity index (χ4n) is 2.04. The zero-order chi connectivity index (χ0) is 14.0. The van der Waals surface area contributed by atoms with Crippen LogP contribution >= 0.6 is 0 Å². The van der Waals surface area contributed by atoms with Gasteiger partial charge in [-0.05, 0) is 31.5 Å². The third-order valence-corrected chi connectivity index (χ3v) is 3.02. The lowest BCUT2D eigenvalue weighted by molar-refractivity contribution is -0.121. The Morgan fingerprint density at radius 2 is 2.26 bits per heavy atom. The van der Waals surface area contributed by atoms with E-state index in [4.69, 9.17) is 5.73 Å². The summed E-state index contributed by atoms with van der Waals surface area (Å²) in [5.41, 5.74) is 8.76. The Morgan fingerprint density at radius 1 is 1.53 bits per heavy atom. The number of amides is 2. The van der Waals surface area contributed by atoms with Gasteiger partial charge in [-0.1, -0.05) is 0 Å². The maximum atomic E-state index is 11.7. The normalized spacial score (nSPS) is 14.5. The molecule has 1 aliphatic heterocycles. The van der Waals surface area contributed by atoms with Crippen molar-refractivity contribution in [3.05, 3.63) is 17.7 Å². The monoisotopic (exact) mass is 262 g/mol. The molecule has 1 heterocycles. The highest BCUT2D eigenvalue weighted by molar-refractivity contribution is 6.01. The summed E-state index contributed by atoms with van der Waals surface area (Å²) in [6.45, 7) is 4.21. The van der Waals surface area contributed by atoms with Crippen molar-refractivity contribution in [3.8, 4) is 0 Å². The predicted molar refractivity (Wildman–Crippen MR) is 75.0 cm³/mol. The van der Waals surface area contributed by atoms with Crippen LogP contribution < -0.4 is 21.7 Å². The number of carbonyl (C=O) groups is 2. The smallest absolute Gasteiger partial charge is 0.242 e. The quantitative estimate of drug-likeness (QED) is 0.601. The maximum absolute atomic E-state index is 11.7. The van der Waals surface area contributed by atoms with Crippen LogP contribution in [0.1, 0.15) is 19.4 Å². The van der Waals surface area contributed by atoms with E-state index in [2.05, 4.69) is 16.0 Å². The van der Waals surface area contributed by atoms with Crippen molar-refractivity contribution >= 4 is 28.9 Å². The van der Waals surface area contributed by atoms with Crippen molar-refractivity contribution in [3.63, 3.8) is 0 Å². The molecule has 1 aromatic carbocycles. The van der Waals surface area contributed by atoms with Gasteiger partial charge in [0.15, 0.2) is 0 Å². The predicted octanol–water partition coefficient (Wildman–Crippen LogP) is 0.700. The van der Waals surface area contributed by atoms with E-state index in [1.807, 2.05) is 6.92 Å². The molecule has 1 unspecified atom stereocenters. The first-order valence-electron chi connectivity index (χ1n) is 6.27. The molecular formula is C13H18N4O2. The number of hydrogen-bond acceptors (Lipinski definition) is 4. The number of benzene rings is 1. The Morgan fingerprint density at radius 3 is 2.95 bits per heavy atom. The summed E-state index contributed by atoms with van der Waals surface area (Å²) < 4.78 is 0. The van der Waals surface area contributed by atoms with Gasteiger partial charge in [0.25, 0.3) is 0 Å². The summed E-state index contributed by atoms with van der Waals surface area (Å²) >= 11 is 0. The van der Waals surface area contributed by atoms with E-state index in [0.29, 0.717) is 24.3 Å². The molecule has 1 atom stereocenters. The van der Waals surface area contributed by atoms with Crippen molar-refractivity contribution in [2.45, 2.75) is 26.3 Å². The van der Waals surface area contributed by atoms with Crippen LogP contribution in [0.25, 0.3) is 0 Å². The van der Waals surface area contributed by atoms with Gasteiger partial charge in [0, 0.05) is 12.2 Å². The van der Waals surface area contributed by atoms with E-state index in [0.717, 1.165) is 11.3 Å². The molecule has 0 radical (unpaired) electrons. The molecule has 102 valence electrons. The SMILES string of the molecule is CCNC(=O)C(C)Nc1cc2c(cc1N)CC(=O)N2. The number of likely N-dealkylation sites (N-methyl/N-ethyl adjacent to an activating group) is 1. The third kappa shape index (κ3) is 2.78. The van der Waals surface area contributed by atoms with Crippen LogP contribution in [0.15, 0.2) is 12.1 Å². The number of nitrogen functional groups attached to an aromatic ring is 1. The molecule has 0 saturated carbocycles. The van der Waals surface area contributed by atoms with Crippen LogP contribution in [0.3, 0.4) is 0 Å². The molecule has 5 N–H and O–H groups in total. The molecule has 0 bridgehead atoms. The van der Waals surface area contributed by atoms with Gasteiger partial charge in [-0.25, -0.2) is 0 Å². The van der Waals surface area contributed by atoms with E-state index in [9.17, 15) is 9.59 Å². The lowest BCUT2D eigenvalue weighted by Crippen LogP contribution is -2.37. The molecule has 0 fully saturated rings. The van der Waals surface area contributed by atoms with E-state index in [-0.39, 0.29) is 11.8 Å². The number of nitrogens with one attached hydrogen (secondary N) is 3. The summed E-state index contributed by atoms with van der Waals surface area (Å²) in [7, 11) is 0. The number of hydrogen-bond donors (Lipinski definition) is 4. The number of fused-ring (bicyclic) bond motifs is 1. The van der Waals surface area contributed by atoms with E-state index < -0.39 is 6.04 Å². The minimum atomic E-state index is -0.391. The average molecular weight is 262 g/mol. The van der Waals surface area contributed by atoms with Gasteiger partial charge in [-0.2, -0.15) is 0 Å². The van der Waals surface area contributed by atoms with Crippen LogP contribution in [0.2, 0.25) is 0 Å². The zero-order valence-electron chi connectivity index (χ0n) is 11.0. The van der Waals surface area contributed by atoms with Gasteiger partial charge < -0.3 is 21.7 Å². The molecule has 2 amide bonds. The fraction of sp³-hybridized carbons (Fsp3) is 0.385. The van der Waals surface area contributed by atoms with Gasteiger partial charge in [-0.15, -0.1) is 0 Å². The van der Waals surface area contributed by atoms with Crippen molar-refractivity contribution in [2.75, 3.05) is 22.9 Å². The number of anilines is 3. The van der Waals surface area contributed by atoms with Gasteiger partial charge in [0.05, 0.1) is 17.8 Å². The van der Waals surface area contributed by atoms with E-state index in [1.165, 1.54) is 0 Å². The topological polar surface area (TPSA) is 96.2 Å². The third-order valence-electron chi connectivity index (χ3n) is 3.02. The highest BCUT2D eigenvalue weighted by Crippen LogP contribution is 2.31. The Labute approximate surface area is 111 Å². The molecule has 0 spiro atoms. The molecule has 0 aromatic heterocycles. The largest absolute Gasteiger partial charge is 0.397 e. The second-order valence-corrected chi connectivity index (χ2v) is 4.58. The molecule has 1 aliphatic rings. The van der Waals surface area contributed by atoms with Gasteiger partial charge >= 0.3 is 0 Å². The lowest BCUT2D eigenvalue weighted by atomic mass is 10.1.